The number of hydrogen-bond donors (Lipinski definition) is 0. The first-order valence-corrected chi connectivity index (χ1v) is 8.02. The van der Waals surface area contributed by atoms with Gasteiger partial charge in [-0.05, 0) is 18.6 Å². The number of benzene rings is 2. The standard InChI is InChI=1S/C18H16Cl2O3/c1-2-6-16(21)23-18(13-9-10-14(19)15(20)11-13)17(22)12-7-4-3-5-8-12/h3-5,7-11,18H,2,6H2,1H3/t18-/m0/s1. The fourth-order valence-corrected chi connectivity index (χ4v) is 2.40. The van der Waals surface area contributed by atoms with Crippen LogP contribution in [0.4, 0.5) is 0 Å². The third-order valence-corrected chi connectivity index (χ3v) is 3.99. The first kappa shape index (κ1) is 17.5. The lowest BCUT2D eigenvalue weighted by Gasteiger charge is -2.18. The third kappa shape index (κ3) is 4.57. The van der Waals surface area contributed by atoms with Crippen LogP contribution in [0.15, 0.2) is 48.5 Å². The lowest BCUT2D eigenvalue weighted by Crippen LogP contribution is -2.20. The number of Topliss-reactive ketones (excluding diaryl/α,β-unsaturated/α-hetero) is 1. The van der Waals surface area contributed by atoms with E-state index in [-0.39, 0.29) is 12.2 Å². The summed E-state index contributed by atoms with van der Waals surface area (Å²) < 4.78 is 5.40. The van der Waals surface area contributed by atoms with E-state index in [0.717, 1.165) is 0 Å². The molecule has 0 heterocycles. The van der Waals surface area contributed by atoms with Crippen LogP contribution in [0.3, 0.4) is 0 Å². The van der Waals surface area contributed by atoms with Crippen LogP contribution in [0.5, 0.6) is 0 Å². The highest BCUT2D eigenvalue weighted by molar-refractivity contribution is 6.42. The van der Waals surface area contributed by atoms with Crippen LogP contribution in [0.1, 0.15) is 41.8 Å². The summed E-state index contributed by atoms with van der Waals surface area (Å²) in [5, 5.41) is 0.683. The quantitative estimate of drug-likeness (QED) is 0.527. The summed E-state index contributed by atoms with van der Waals surface area (Å²) in [5.41, 5.74) is 0.963. The highest BCUT2D eigenvalue weighted by Crippen LogP contribution is 2.29. The van der Waals surface area contributed by atoms with Crippen LogP contribution in [0.25, 0.3) is 0 Å². The lowest BCUT2D eigenvalue weighted by molar-refractivity contribution is -0.147. The van der Waals surface area contributed by atoms with Crippen molar-refractivity contribution in [1.29, 1.82) is 0 Å². The highest BCUT2D eigenvalue weighted by Gasteiger charge is 2.26. The van der Waals surface area contributed by atoms with Crippen molar-refractivity contribution in [1.82, 2.24) is 0 Å². The second kappa shape index (κ2) is 8.14. The molecule has 2 rings (SSSR count). The molecule has 0 spiro atoms. The van der Waals surface area contributed by atoms with Gasteiger partial charge in [0.05, 0.1) is 10.0 Å². The molecule has 0 radical (unpaired) electrons. The molecule has 0 amide bonds. The van der Waals surface area contributed by atoms with E-state index in [1.54, 1.807) is 42.5 Å². The number of ether oxygens (including phenoxy) is 1. The van der Waals surface area contributed by atoms with Crippen LogP contribution in [-0.4, -0.2) is 11.8 Å². The van der Waals surface area contributed by atoms with Crippen molar-refractivity contribution < 1.29 is 14.3 Å². The zero-order valence-corrected chi connectivity index (χ0v) is 14.1. The topological polar surface area (TPSA) is 43.4 Å². The molecule has 120 valence electrons. The lowest BCUT2D eigenvalue weighted by atomic mass is 9.99. The van der Waals surface area contributed by atoms with E-state index in [2.05, 4.69) is 0 Å². The zero-order valence-electron chi connectivity index (χ0n) is 12.6. The Bertz CT molecular complexity index is 699. The maximum atomic E-state index is 12.7. The van der Waals surface area contributed by atoms with E-state index in [0.29, 0.717) is 27.6 Å². The molecule has 0 aliphatic heterocycles. The first-order chi connectivity index (χ1) is 11.0. The number of hydrogen-bond acceptors (Lipinski definition) is 3. The van der Waals surface area contributed by atoms with E-state index >= 15 is 0 Å². The van der Waals surface area contributed by atoms with Crippen LogP contribution in [-0.2, 0) is 9.53 Å². The number of ketones is 1. The van der Waals surface area contributed by atoms with Gasteiger partial charge in [0.1, 0.15) is 0 Å². The molecule has 2 aromatic carbocycles. The molecule has 0 saturated carbocycles. The first-order valence-electron chi connectivity index (χ1n) is 7.26. The third-order valence-electron chi connectivity index (χ3n) is 3.25. The summed E-state index contributed by atoms with van der Waals surface area (Å²) in [7, 11) is 0. The van der Waals surface area contributed by atoms with Crippen molar-refractivity contribution in [3.63, 3.8) is 0 Å². The average molecular weight is 351 g/mol. The smallest absolute Gasteiger partial charge is 0.306 e. The summed E-state index contributed by atoms with van der Waals surface area (Å²) in [5.74, 6) is -0.721. The molecule has 0 unspecified atom stereocenters. The van der Waals surface area contributed by atoms with Crippen LogP contribution in [0.2, 0.25) is 10.0 Å². The number of esters is 1. The fraction of sp³-hybridized carbons (Fsp3) is 0.222. The van der Waals surface area contributed by atoms with Crippen molar-refractivity contribution in [3.8, 4) is 0 Å². The Balaban J connectivity index is 2.36. The highest BCUT2D eigenvalue weighted by atomic mass is 35.5. The van der Waals surface area contributed by atoms with Gasteiger partial charge in [0.2, 0.25) is 5.78 Å². The number of rotatable bonds is 6. The Morgan fingerprint density at radius 2 is 1.74 bits per heavy atom. The molecule has 0 saturated heterocycles. The van der Waals surface area contributed by atoms with Gasteiger partial charge in [-0.1, -0.05) is 66.5 Å². The second-order valence-corrected chi connectivity index (χ2v) is 5.84. The van der Waals surface area contributed by atoms with Gasteiger partial charge in [0, 0.05) is 17.5 Å². The number of carbonyl (C=O) groups is 2. The molecule has 3 nitrogen and oxygen atoms in total. The summed E-state index contributed by atoms with van der Waals surface area (Å²) >= 11 is 11.9. The predicted octanol–water partition coefficient (Wildman–Crippen LogP) is 5.26. The SMILES string of the molecule is CCCC(=O)O[C@H](C(=O)c1ccccc1)c1ccc(Cl)c(Cl)c1. The minimum Gasteiger partial charge on any atom is -0.449 e. The number of carbonyl (C=O) groups excluding carboxylic acids is 2. The van der Waals surface area contributed by atoms with Gasteiger partial charge in [-0.3, -0.25) is 9.59 Å². The Morgan fingerprint density at radius 3 is 2.35 bits per heavy atom. The maximum Gasteiger partial charge on any atom is 0.306 e. The van der Waals surface area contributed by atoms with Gasteiger partial charge < -0.3 is 4.74 Å². The van der Waals surface area contributed by atoms with E-state index < -0.39 is 12.1 Å². The second-order valence-electron chi connectivity index (χ2n) is 5.02. The van der Waals surface area contributed by atoms with E-state index in [1.807, 2.05) is 13.0 Å². The molecule has 0 aromatic heterocycles. The van der Waals surface area contributed by atoms with E-state index in [1.165, 1.54) is 0 Å². The van der Waals surface area contributed by atoms with Crippen molar-refractivity contribution in [2.75, 3.05) is 0 Å². The molecule has 2 aromatic rings. The van der Waals surface area contributed by atoms with Gasteiger partial charge in [0.25, 0.3) is 0 Å². The molecule has 0 aliphatic rings. The van der Waals surface area contributed by atoms with Crippen molar-refractivity contribution in [3.05, 3.63) is 69.7 Å². The van der Waals surface area contributed by atoms with E-state index in [9.17, 15) is 9.59 Å². The molecule has 0 aliphatic carbocycles. The van der Waals surface area contributed by atoms with Gasteiger partial charge in [-0.15, -0.1) is 0 Å². The van der Waals surface area contributed by atoms with Crippen LogP contribution < -0.4 is 0 Å². The maximum absolute atomic E-state index is 12.7. The average Bonchev–Trinajstić information content (AvgIpc) is 2.56. The Kier molecular flexibility index (Phi) is 6.20. The minimum absolute atomic E-state index is 0.250. The molecule has 0 fully saturated rings. The van der Waals surface area contributed by atoms with Gasteiger partial charge in [-0.2, -0.15) is 0 Å². The molecule has 23 heavy (non-hydrogen) atoms. The minimum atomic E-state index is -1.04. The van der Waals surface area contributed by atoms with Gasteiger partial charge in [-0.25, -0.2) is 0 Å². The summed E-state index contributed by atoms with van der Waals surface area (Å²) in [6.45, 7) is 1.87. The Labute approximate surface area is 145 Å². The van der Waals surface area contributed by atoms with Crippen LogP contribution in [0, 0.1) is 0 Å². The molecule has 0 bridgehead atoms. The fourth-order valence-electron chi connectivity index (χ4n) is 2.10. The van der Waals surface area contributed by atoms with Crippen molar-refractivity contribution >= 4 is 35.0 Å². The molecule has 5 heteroatoms. The van der Waals surface area contributed by atoms with Crippen LogP contribution >= 0.6 is 23.2 Å². The number of halogens is 2. The summed E-state index contributed by atoms with van der Waals surface area (Å²) in [6, 6.07) is 13.5. The molecular weight excluding hydrogens is 335 g/mol. The molecular formula is C18H16Cl2O3. The van der Waals surface area contributed by atoms with E-state index in [4.69, 9.17) is 27.9 Å². The molecule has 1 atom stereocenters. The van der Waals surface area contributed by atoms with Gasteiger partial charge >= 0.3 is 5.97 Å². The Hall–Kier alpha value is -1.84. The monoisotopic (exact) mass is 350 g/mol. The largest absolute Gasteiger partial charge is 0.449 e. The normalized spacial score (nSPS) is 11.8. The van der Waals surface area contributed by atoms with Crippen molar-refractivity contribution in [2.24, 2.45) is 0 Å². The molecule has 0 N–H and O–H groups in total. The van der Waals surface area contributed by atoms with Crippen molar-refractivity contribution in [2.45, 2.75) is 25.9 Å². The summed E-state index contributed by atoms with van der Waals surface area (Å²) in [4.78, 5) is 24.6. The Morgan fingerprint density at radius 1 is 1.04 bits per heavy atom. The zero-order chi connectivity index (χ0) is 16.8. The predicted molar refractivity (Wildman–Crippen MR) is 91.0 cm³/mol. The van der Waals surface area contributed by atoms with Gasteiger partial charge in [0.15, 0.2) is 6.10 Å². The summed E-state index contributed by atoms with van der Waals surface area (Å²) in [6.07, 6.45) is -0.141.